The van der Waals surface area contributed by atoms with Gasteiger partial charge in [0.2, 0.25) is 0 Å². The Hall–Kier alpha value is -8.44. The van der Waals surface area contributed by atoms with Crippen LogP contribution in [0.5, 0.6) is 0 Å². The van der Waals surface area contributed by atoms with Gasteiger partial charge in [-0.25, -0.2) is 24.2 Å². The van der Waals surface area contributed by atoms with Gasteiger partial charge in [0.15, 0.2) is 10.2 Å². The Morgan fingerprint density at radius 2 is 1.03 bits per heavy atom. The molecular formula is C89H125N5O16S3Si2. The molecule has 0 radical (unpaired) electrons. The van der Waals surface area contributed by atoms with Crippen LogP contribution in [0, 0.1) is 13.8 Å². The highest BCUT2D eigenvalue weighted by atomic mass is 32.2. The first-order valence-corrected chi connectivity index (χ1v) is 50.8. The van der Waals surface area contributed by atoms with Crippen LogP contribution in [0.4, 0.5) is 9.59 Å². The molecule has 0 bridgehead atoms. The summed E-state index contributed by atoms with van der Waals surface area (Å²) in [6, 6.07) is 30.7. The van der Waals surface area contributed by atoms with Gasteiger partial charge in [0.25, 0.3) is 11.8 Å². The van der Waals surface area contributed by atoms with Crippen molar-refractivity contribution in [3.63, 3.8) is 0 Å². The standard InChI is InChI=1S/C45H59NO7SSi.C44H66N4O9S2Si/c1-6-7-8-9-10-22-43(48)54-28-16-15-17-35(31-42(47)51-27-29-55(3,4)5)53-44(49)41(30-34-25-23-33(2)24-26-34)46-45(50)52-32-40-38-20-13-11-18-36(38)37-19-12-14-21-39(37)40;1-10-12-13-14-15-19-39(50)58-25-17-16-18-33(28-38(49)55-24-26-60(7,8)9)56-42(53)35(27-32-22-20-31(3)21-23-32)48-40(51)34(11-2)47-41(52)36-30-59-37(46-36)29-45-43(54)57-44(4,5)6/h11-15,17-21,23-26,35,40-41H,6-10,16,22,27-32H2,1-5H3,(H,46,50);11,16,18,20-23,30,33,35H,10,12-15,17,19,24-29H2,1-9H3,(H,45,54)(H,47,52)(H,48,51)/b17-15+;18-16+,34-11-/t35-,41+;33-,35+/m11/s1. The summed E-state index contributed by atoms with van der Waals surface area (Å²) in [6.07, 6.45) is 17.9. The SMILES string of the molecule is C/C=C(\NC(=O)c1csc(CNC(=O)OC(C)(C)C)n1)C(=O)N[C@@H](Cc1ccc(C)cc1)C(=O)O[C@H](/C=C/CCSC(=O)CCCCCCC)CC(=O)OCC[Si](C)(C)C.CCCCCCCC(=O)SCC/C=C/[C@H](CC(=O)OCC[Si](C)(C)C)OC(=O)[C@H](Cc1ccc(C)cc1)NC(=O)OCC1c2ccccc2-c2ccccc21. The van der Waals surface area contributed by atoms with Gasteiger partial charge in [-0.2, -0.15) is 0 Å². The van der Waals surface area contributed by atoms with E-state index in [1.165, 1.54) is 54.2 Å². The lowest BCUT2D eigenvalue weighted by Crippen LogP contribution is -2.47. The minimum Gasteiger partial charge on any atom is -0.466 e. The quantitative estimate of drug-likeness (QED) is 0.00703. The number of aromatic nitrogens is 1. The molecule has 21 nitrogen and oxygen atoms in total. The zero-order valence-corrected chi connectivity index (χ0v) is 74.6. The third-order valence-corrected chi connectivity index (χ3v) is 24.4. The van der Waals surface area contributed by atoms with Gasteiger partial charge in [-0.15, -0.1) is 11.3 Å². The molecule has 5 aromatic rings. The largest absolute Gasteiger partial charge is 0.466 e. The van der Waals surface area contributed by atoms with E-state index in [9.17, 15) is 47.9 Å². The summed E-state index contributed by atoms with van der Waals surface area (Å²) in [5.41, 5.74) is 7.29. The van der Waals surface area contributed by atoms with Crippen LogP contribution in [0.2, 0.25) is 51.4 Å². The van der Waals surface area contributed by atoms with Gasteiger partial charge >= 0.3 is 36.1 Å². The lowest BCUT2D eigenvalue weighted by atomic mass is 9.98. The maximum absolute atomic E-state index is 14.0. The number of esters is 4. The lowest BCUT2D eigenvalue weighted by molar-refractivity contribution is -0.156. The number of nitrogens with zero attached hydrogens (tertiary/aromatic N) is 1. The number of thiazole rings is 1. The molecule has 0 unspecified atom stereocenters. The van der Waals surface area contributed by atoms with Crippen molar-refractivity contribution in [2.75, 3.05) is 31.3 Å². The number of amides is 4. The number of unbranched alkanes of at least 4 members (excludes halogenated alkanes) is 8. The summed E-state index contributed by atoms with van der Waals surface area (Å²) in [5, 5.41) is 12.9. The van der Waals surface area contributed by atoms with E-state index in [1.54, 1.807) is 45.9 Å². The summed E-state index contributed by atoms with van der Waals surface area (Å²) in [6.45, 7) is 28.9. The zero-order valence-electron chi connectivity index (χ0n) is 70.2. The number of carbonyl (C=O) groups excluding carboxylic acids is 10. The third-order valence-electron chi connectivity index (χ3n) is 18.2. The van der Waals surface area contributed by atoms with Crippen molar-refractivity contribution < 1.29 is 76.4 Å². The monoisotopic (exact) mass is 1670 g/mol. The second-order valence-electron chi connectivity index (χ2n) is 32.2. The van der Waals surface area contributed by atoms with Crippen LogP contribution >= 0.6 is 34.9 Å². The van der Waals surface area contributed by atoms with Gasteiger partial charge in [0.05, 0.1) is 32.6 Å². The van der Waals surface area contributed by atoms with Crippen molar-refractivity contribution in [1.82, 2.24) is 26.3 Å². The van der Waals surface area contributed by atoms with Crippen molar-refractivity contribution in [3.8, 4) is 11.1 Å². The normalized spacial score (nSPS) is 13.2. The maximum atomic E-state index is 14.0. The van der Waals surface area contributed by atoms with Crippen LogP contribution in [0.1, 0.15) is 199 Å². The highest BCUT2D eigenvalue weighted by Gasteiger charge is 2.33. The number of aryl methyl sites for hydroxylation is 2. The summed E-state index contributed by atoms with van der Waals surface area (Å²) in [4.78, 5) is 135. The maximum Gasteiger partial charge on any atom is 0.408 e. The smallest absolute Gasteiger partial charge is 0.408 e. The molecule has 1 aliphatic carbocycles. The van der Waals surface area contributed by atoms with E-state index in [1.807, 2.05) is 92.7 Å². The first-order chi connectivity index (χ1) is 54.7. The predicted octanol–water partition coefficient (Wildman–Crippen LogP) is 18.8. The molecule has 0 saturated carbocycles. The van der Waals surface area contributed by atoms with E-state index in [4.69, 9.17) is 28.4 Å². The van der Waals surface area contributed by atoms with E-state index in [0.717, 1.165) is 113 Å². The van der Waals surface area contributed by atoms with E-state index in [-0.39, 0.29) is 73.0 Å². The molecule has 4 atom stereocenters. The van der Waals surface area contributed by atoms with Gasteiger partial charge in [0.1, 0.15) is 52.9 Å². The second kappa shape index (κ2) is 51.6. The van der Waals surface area contributed by atoms with Gasteiger partial charge in [-0.1, -0.05) is 254 Å². The zero-order chi connectivity index (χ0) is 84.4. The molecule has 4 amide bonds. The molecule has 0 fully saturated rings. The van der Waals surface area contributed by atoms with E-state index < -0.39 is 93.9 Å². The first kappa shape index (κ1) is 97.1. The van der Waals surface area contributed by atoms with Crippen LogP contribution in [0.15, 0.2) is 139 Å². The van der Waals surface area contributed by atoms with E-state index >= 15 is 0 Å². The third kappa shape index (κ3) is 40.3. The van der Waals surface area contributed by atoms with Crippen LogP contribution in [0.3, 0.4) is 0 Å². The molecule has 4 aromatic carbocycles. The van der Waals surface area contributed by atoms with Gasteiger partial charge < -0.3 is 49.7 Å². The number of hydrogen-bond donors (Lipinski definition) is 4. The number of nitrogens with one attached hydrogen (secondary N) is 4. The number of hydrogen-bond acceptors (Lipinski definition) is 20. The molecule has 1 aromatic heterocycles. The fourth-order valence-electron chi connectivity index (χ4n) is 11.7. The molecule has 115 heavy (non-hydrogen) atoms. The topological polar surface area (TPSA) is 287 Å². The summed E-state index contributed by atoms with van der Waals surface area (Å²) >= 11 is 3.72. The molecule has 0 saturated heterocycles. The number of carbonyl (C=O) groups is 10. The molecule has 6 rings (SSSR count). The highest BCUT2D eigenvalue weighted by molar-refractivity contribution is 8.13. The Balaban J connectivity index is 0.000000412. The van der Waals surface area contributed by atoms with Crippen molar-refractivity contribution in [3.05, 3.63) is 183 Å². The van der Waals surface area contributed by atoms with Crippen molar-refractivity contribution in [2.45, 2.75) is 265 Å². The molecule has 628 valence electrons. The number of fused-ring (bicyclic) bond motifs is 3. The van der Waals surface area contributed by atoms with Crippen LogP contribution in [-0.4, -0.2) is 140 Å². The molecular weight excluding hydrogens is 1550 g/mol. The minimum atomic E-state index is -1.47. The number of benzene rings is 4. The second-order valence-corrected chi connectivity index (χ2v) is 46.7. The Labute approximate surface area is 697 Å². The van der Waals surface area contributed by atoms with Crippen molar-refractivity contribution in [1.29, 1.82) is 0 Å². The highest BCUT2D eigenvalue weighted by Crippen LogP contribution is 2.44. The van der Waals surface area contributed by atoms with Crippen molar-refractivity contribution >= 4 is 109 Å². The molecule has 1 aliphatic rings. The Morgan fingerprint density at radius 3 is 1.47 bits per heavy atom. The first-order valence-electron chi connectivity index (χ1n) is 40.5. The number of allylic oxidation sites excluding steroid dienone is 3. The molecule has 1 heterocycles. The van der Waals surface area contributed by atoms with E-state index in [0.29, 0.717) is 48.8 Å². The summed E-state index contributed by atoms with van der Waals surface area (Å²) in [5.74, 6) is -2.88. The lowest BCUT2D eigenvalue weighted by Gasteiger charge is -2.22. The molecule has 0 spiro atoms. The van der Waals surface area contributed by atoms with Crippen LogP contribution in [0.25, 0.3) is 11.1 Å². The van der Waals surface area contributed by atoms with E-state index in [2.05, 4.69) is 104 Å². The average Bonchev–Trinajstić information content (AvgIpc) is 1.62. The molecule has 26 heteroatoms. The van der Waals surface area contributed by atoms with Crippen LogP contribution < -0.4 is 21.3 Å². The Kier molecular flexibility index (Phi) is 43.6. The fourth-order valence-corrected chi connectivity index (χ4v) is 15.4. The number of alkyl carbamates (subject to hydrolysis) is 2. The number of rotatable bonds is 47. The summed E-state index contributed by atoms with van der Waals surface area (Å²) < 4.78 is 34.0. The van der Waals surface area contributed by atoms with Gasteiger partial charge in [-0.3, -0.25) is 28.8 Å². The number of ether oxygens (including phenoxy) is 6. The molecule has 0 aliphatic heterocycles. The van der Waals surface area contributed by atoms with Gasteiger partial charge in [0, 0.05) is 64.6 Å². The predicted molar refractivity (Wildman–Crippen MR) is 467 cm³/mol. The molecule has 4 N–H and O–H groups in total. The summed E-state index contributed by atoms with van der Waals surface area (Å²) in [7, 11) is -2.89. The number of thioether (sulfide) groups is 2. The van der Waals surface area contributed by atoms with Crippen molar-refractivity contribution in [2.24, 2.45) is 0 Å². The van der Waals surface area contributed by atoms with Gasteiger partial charge in [-0.05, 0) is 125 Å². The average molecular weight is 1670 g/mol. The Morgan fingerprint density at radius 1 is 0.574 bits per heavy atom. The fraction of sp³-hybridized carbons (Fsp3) is 0.517. The minimum absolute atomic E-state index is 0.0280. The Bertz CT molecular complexity index is 3970. The van der Waals surface area contributed by atoms with Crippen LogP contribution in [-0.2, 0) is 81.4 Å².